The molecule has 14 heteroatoms. The lowest BCUT2D eigenvalue weighted by molar-refractivity contribution is -0.134. The van der Waals surface area contributed by atoms with Crippen LogP contribution in [0.1, 0.15) is 37.9 Å². The summed E-state index contributed by atoms with van der Waals surface area (Å²) in [4.78, 5) is 25.1. The van der Waals surface area contributed by atoms with Gasteiger partial charge in [0.1, 0.15) is 17.7 Å². The zero-order chi connectivity index (χ0) is 21.3. The second-order valence-electron chi connectivity index (χ2n) is 6.05. The van der Waals surface area contributed by atoms with Gasteiger partial charge in [-0.05, 0) is 11.6 Å². The fourth-order valence-electron chi connectivity index (χ4n) is 2.72. The minimum Gasteiger partial charge on any atom is -0.481 e. The number of anilines is 1. The molecule has 0 aliphatic carbocycles. The summed E-state index contributed by atoms with van der Waals surface area (Å²) < 4.78 is 12.3. The summed E-state index contributed by atoms with van der Waals surface area (Å²) in [7, 11) is 0. The molecular weight excluding hydrogens is 410 g/mol. The summed E-state index contributed by atoms with van der Waals surface area (Å²) in [6, 6.07) is 0. The number of aliphatic carboxylic acids is 1. The first-order valence-corrected chi connectivity index (χ1v) is 8.79. The van der Waals surface area contributed by atoms with Gasteiger partial charge in [-0.15, -0.1) is 0 Å². The molecule has 1 saturated heterocycles. The van der Waals surface area contributed by atoms with E-state index in [0.29, 0.717) is 17.8 Å². The third-order valence-corrected chi connectivity index (χ3v) is 4.15. The summed E-state index contributed by atoms with van der Waals surface area (Å²) >= 11 is 5.84. The van der Waals surface area contributed by atoms with Crippen molar-refractivity contribution in [2.24, 2.45) is 0 Å². The Hall–Kier alpha value is -2.87. The first-order valence-electron chi connectivity index (χ1n) is 8.42. The van der Waals surface area contributed by atoms with E-state index in [0.717, 1.165) is 6.92 Å². The van der Waals surface area contributed by atoms with E-state index >= 15 is 0 Å². The van der Waals surface area contributed by atoms with Crippen molar-refractivity contribution in [3.8, 4) is 0 Å². The Balaban J connectivity index is 0.000000552. The first-order chi connectivity index (χ1) is 13.7. The number of imidazole rings is 1. The van der Waals surface area contributed by atoms with E-state index < -0.39 is 30.5 Å². The van der Waals surface area contributed by atoms with E-state index in [4.69, 9.17) is 36.5 Å². The molecule has 4 rings (SSSR count). The number of aromatic nitrogens is 6. The third-order valence-electron chi connectivity index (χ3n) is 3.98. The number of hydrogen-bond acceptors (Lipinski definition) is 11. The van der Waals surface area contributed by atoms with Gasteiger partial charge in [-0.25, -0.2) is 4.98 Å². The summed E-state index contributed by atoms with van der Waals surface area (Å²) in [6.45, 7) is 2.95. The number of hydrogen-bond donors (Lipinski definition) is 4. The number of carboxylic acids is 1. The molecule has 0 bridgehead atoms. The van der Waals surface area contributed by atoms with Crippen molar-refractivity contribution in [2.45, 2.75) is 44.8 Å². The topological polar surface area (TPSA) is 196 Å². The van der Waals surface area contributed by atoms with E-state index in [1.54, 1.807) is 0 Å². The van der Waals surface area contributed by atoms with Gasteiger partial charge >= 0.3 is 0 Å². The van der Waals surface area contributed by atoms with Crippen LogP contribution in [0.15, 0.2) is 10.9 Å². The zero-order valence-electron chi connectivity index (χ0n) is 15.3. The second-order valence-corrected chi connectivity index (χ2v) is 6.39. The lowest BCUT2D eigenvalue weighted by Crippen LogP contribution is -2.29. The van der Waals surface area contributed by atoms with Gasteiger partial charge < -0.3 is 30.3 Å². The number of aliphatic hydroxyl groups excluding tert-OH is 2. The average Bonchev–Trinajstić information content (AvgIpc) is 3.34. The predicted octanol–water partition coefficient (Wildman–Crippen LogP) is 0.0901. The van der Waals surface area contributed by atoms with Crippen LogP contribution < -0.4 is 5.73 Å². The van der Waals surface area contributed by atoms with Crippen LogP contribution in [0.4, 0.5) is 5.82 Å². The molecular formula is C15H18ClN7O6. The average molecular weight is 428 g/mol. The van der Waals surface area contributed by atoms with Crippen LogP contribution in [-0.2, 0) is 16.0 Å². The lowest BCUT2D eigenvalue weighted by atomic mass is 10.1. The number of carboxylic acid groups (broad SMARTS) is 1. The minimum absolute atomic E-state index is 0.0687. The Morgan fingerprint density at radius 3 is 2.62 bits per heavy atom. The van der Waals surface area contributed by atoms with Crippen molar-refractivity contribution in [1.82, 2.24) is 29.7 Å². The van der Waals surface area contributed by atoms with Crippen LogP contribution in [0.5, 0.6) is 0 Å². The molecule has 0 amide bonds. The number of aryl methyl sites for hydroxylation is 1. The molecule has 156 valence electrons. The summed E-state index contributed by atoms with van der Waals surface area (Å²) in [6.07, 6.45) is -2.59. The molecule has 1 aliphatic rings. The first kappa shape index (κ1) is 20.9. The normalized spacial score (nSPS) is 23.8. The molecule has 0 saturated carbocycles. The van der Waals surface area contributed by atoms with Gasteiger partial charge in [-0.3, -0.25) is 9.36 Å². The Bertz CT molecular complexity index is 1020. The minimum atomic E-state index is -1.28. The van der Waals surface area contributed by atoms with Crippen LogP contribution >= 0.6 is 11.6 Å². The smallest absolute Gasteiger partial charge is 0.300 e. The number of halogens is 1. The standard InChI is InChI=1S/C13H14ClN7O4.C2H4O2/c1-2-4-17-11(25-20-4)8-6(22)7(23)12(24-8)21-3-16-5-9(15)18-13(14)19-10(5)21;1-2(3)4/h3,6-8,12,22-23H,2H2,1H3,(H2,15,18,19);1H3,(H,3,4)/t6-,7+,8-,12+;/m0./s1. The van der Waals surface area contributed by atoms with E-state index in [-0.39, 0.29) is 22.6 Å². The summed E-state index contributed by atoms with van der Waals surface area (Å²) in [5, 5.41) is 31.8. The van der Waals surface area contributed by atoms with Crippen molar-refractivity contribution in [2.75, 3.05) is 5.73 Å². The highest BCUT2D eigenvalue weighted by Gasteiger charge is 2.47. The van der Waals surface area contributed by atoms with Crippen molar-refractivity contribution in [3.63, 3.8) is 0 Å². The number of fused-ring (bicyclic) bond motifs is 1. The number of nitrogen functional groups attached to an aromatic ring is 1. The highest BCUT2D eigenvalue weighted by Crippen LogP contribution is 2.39. The molecule has 0 spiro atoms. The molecule has 5 N–H and O–H groups in total. The summed E-state index contributed by atoms with van der Waals surface area (Å²) in [5.41, 5.74) is 6.35. The van der Waals surface area contributed by atoms with Crippen LogP contribution in [-0.4, -0.2) is 63.2 Å². The number of nitrogens with two attached hydrogens (primary N) is 1. The summed E-state index contributed by atoms with van der Waals surface area (Å²) in [5.74, 6) is -0.172. The van der Waals surface area contributed by atoms with E-state index in [2.05, 4.69) is 25.1 Å². The Labute approximate surface area is 168 Å². The van der Waals surface area contributed by atoms with Crippen LogP contribution in [0.2, 0.25) is 5.28 Å². The number of rotatable bonds is 3. The molecule has 4 atom stereocenters. The van der Waals surface area contributed by atoms with Crippen molar-refractivity contribution < 1.29 is 29.4 Å². The molecule has 29 heavy (non-hydrogen) atoms. The SMILES string of the molecule is CC(=O)O.CCc1noc([C@H]2O[C@@H](n3cnc4c(N)nc(Cl)nc43)[C@H](O)[C@@H]2O)n1. The van der Waals surface area contributed by atoms with Crippen LogP contribution in [0.3, 0.4) is 0 Å². The molecule has 13 nitrogen and oxygen atoms in total. The van der Waals surface area contributed by atoms with Crippen molar-refractivity contribution in [3.05, 3.63) is 23.3 Å². The molecule has 0 unspecified atom stereocenters. The third kappa shape index (κ3) is 4.12. The van der Waals surface area contributed by atoms with Crippen molar-refractivity contribution in [1.29, 1.82) is 0 Å². The monoisotopic (exact) mass is 427 g/mol. The van der Waals surface area contributed by atoms with E-state index in [1.807, 2.05) is 6.92 Å². The maximum atomic E-state index is 10.4. The Morgan fingerprint density at radius 2 is 2.00 bits per heavy atom. The van der Waals surface area contributed by atoms with Crippen LogP contribution in [0, 0.1) is 0 Å². The van der Waals surface area contributed by atoms with Gasteiger partial charge in [0.05, 0.1) is 6.33 Å². The predicted molar refractivity (Wildman–Crippen MR) is 96.6 cm³/mol. The van der Waals surface area contributed by atoms with Gasteiger partial charge in [0.2, 0.25) is 5.28 Å². The molecule has 3 aromatic rings. The van der Waals surface area contributed by atoms with E-state index in [1.165, 1.54) is 10.9 Å². The fourth-order valence-corrected chi connectivity index (χ4v) is 2.89. The maximum Gasteiger partial charge on any atom is 0.300 e. The van der Waals surface area contributed by atoms with E-state index in [9.17, 15) is 10.2 Å². The van der Waals surface area contributed by atoms with Crippen molar-refractivity contribution >= 4 is 34.6 Å². The highest BCUT2D eigenvalue weighted by atomic mass is 35.5. The van der Waals surface area contributed by atoms with Gasteiger partial charge in [0.15, 0.2) is 29.6 Å². The maximum absolute atomic E-state index is 10.4. The quantitative estimate of drug-likeness (QED) is 0.411. The second kappa shape index (κ2) is 8.24. The fraction of sp³-hybridized carbons (Fsp3) is 0.467. The molecule has 1 aliphatic heterocycles. The molecule has 1 fully saturated rings. The molecule has 0 radical (unpaired) electrons. The number of ether oxygens (including phenoxy) is 1. The number of carbonyl (C=O) groups is 1. The Morgan fingerprint density at radius 1 is 1.31 bits per heavy atom. The largest absolute Gasteiger partial charge is 0.481 e. The van der Waals surface area contributed by atoms with Gasteiger partial charge in [0, 0.05) is 13.3 Å². The molecule has 0 aromatic carbocycles. The van der Waals surface area contributed by atoms with Gasteiger partial charge in [-0.1, -0.05) is 12.1 Å². The molecule has 3 aromatic heterocycles. The lowest BCUT2D eigenvalue weighted by Gasteiger charge is -2.16. The highest BCUT2D eigenvalue weighted by molar-refractivity contribution is 6.28. The van der Waals surface area contributed by atoms with Gasteiger partial charge in [0.25, 0.3) is 11.9 Å². The number of nitrogens with zero attached hydrogens (tertiary/aromatic N) is 6. The Kier molecular flexibility index (Phi) is 5.93. The zero-order valence-corrected chi connectivity index (χ0v) is 16.1. The van der Waals surface area contributed by atoms with Gasteiger partial charge in [-0.2, -0.15) is 15.0 Å². The number of aliphatic hydroxyl groups is 2. The van der Waals surface area contributed by atoms with Crippen LogP contribution in [0.25, 0.3) is 11.2 Å². The molecule has 4 heterocycles.